The first kappa shape index (κ1) is 15.6. The van der Waals surface area contributed by atoms with Crippen molar-refractivity contribution in [1.82, 2.24) is 0 Å². The van der Waals surface area contributed by atoms with Crippen LogP contribution in [0.2, 0.25) is 18.6 Å². The van der Waals surface area contributed by atoms with Crippen molar-refractivity contribution in [2.75, 3.05) is 7.11 Å². The van der Waals surface area contributed by atoms with E-state index >= 15 is 0 Å². The molecule has 2 aromatic carbocycles. The monoisotopic (exact) mass is 296 g/mol. The van der Waals surface area contributed by atoms with E-state index < -0.39 is 8.07 Å². The Labute approximate surface area is 129 Å². The van der Waals surface area contributed by atoms with E-state index in [1.807, 2.05) is 6.07 Å². The van der Waals surface area contributed by atoms with Gasteiger partial charge in [0.05, 0.1) is 15.2 Å². The summed E-state index contributed by atoms with van der Waals surface area (Å²) in [6, 6.07) is 19.2. The fraction of sp³-hybridized carbons (Fsp3) is 0.263. The van der Waals surface area contributed by atoms with Crippen LogP contribution in [0.25, 0.3) is 0 Å². The number of allylic oxidation sites excluding steroid dienone is 1. The SMILES string of the molecule is C=C[C@H](Cc1cccc(OC)c1)[Si](C)(C)c1ccccc1. The average Bonchev–Trinajstić information content (AvgIpc) is 2.53. The summed E-state index contributed by atoms with van der Waals surface area (Å²) in [4.78, 5) is 0. The van der Waals surface area contributed by atoms with Crippen LogP contribution in [0.3, 0.4) is 0 Å². The summed E-state index contributed by atoms with van der Waals surface area (Å²) >= 11 is 0. The van der Waals surface area contributed by atoms with Crippen molar-refractivity contribution in [3.05, 3.63) is 72.8 Å². The second kappa shape index (κ2) is 6.77. The van der Waals surface area contributed by atoms with E-state index in [-0.39, 0.29) is 0 Å². The van der Waals surface area contributed by atoms with Gasteiger partial charge in [-0.05, 0) is 29.7 Å². The van der Waals surface area contributed by atoms with Crippen LogP contribution in [0.15, 0.2) is 67.3 Å². The summed E-state index contributed by atoms with van der Waals surface area (Å²) in [5.74, 6) is 0.925. The van der Waals surface area contributed by atoms with Crippen molar-refractivity contribution >= 4 is 13.3 Å². The molecule has 110 valence electrons. The van der Waals surface area contributed by atoms with E-state index in [9.17, 15) is 0 Å². The Bertz CT molecular complexity index is 590. The number of hydrogen-bond acceptors (Lipinski definition) is 1. The Hall–Kier alpha value is -1.80. The lowest BCUT2D eigenvalue weighted by Crippen LogP contribution is -2.46. The quantitative estimate of drug-likeness (QED) is 0.567. The molecule has 0 aliphatic rings. The van der Waals surface area contributed by atoms with Crippen LogP contribution < -0.4 is 9.92 Å². The Morgan fingerprint density at radius 1 is 1.10 bits per heavy atom. The first-order chi connectivity index (χ1) is 10.1. The van der Waals surface area contributed by atoms with Gasteiger partial charge in [-0.2, -0.15) is 0 Å². The maximum Gasteiger partial charge on any atom is 0.119 e. The Kier molecular flexibility index (Phi) is 5.02. The average molecular weight is 296 g/mol. The van der Waals surface area contributed by atoms with Crippen molar-refractivity contribution in [2.45, 2.75) is 25.1 Å². The third-order valence-corrected chi connectivity index (χ3v) is 8.43. The predicted molar refractivity (Wildman–Crippen MR) is 94.2 cm³/mol. The molecule has 21 heavy (non-hydrogen) atoms. The fourth-order valence-electron chi connectivity index (χ4n) is 2.77. The highest BCUT2D eigenvalue weighted by atomic mass is 28.3. The van der Waals surface area contributed by atoms with Gasteiger partial charge in [-0.3, -0.25) is 0 Å². The number of benzene rings is 2. The van der Waals surface area contributed by atoms with Crippen molar-refractivity contribution in [1.29, 1.82) is 0 Å². The molecule has 0 N–H and O–H groups in total. The van der Waals surface area contributed by atoms with Gasteiger partial charge in [0.15, 0.2) is 0 Å². The third kappa shape index (κ3) is 3.64. The molecule has 0 amide bonds. The van der Waals surface area contributed by atoms with Crippen LogP contribution in [-0.4, -0.2) is 15.2 Å². The van der Waals surface area contributed by atoms with E-state index in [4.69, 9.17) is 4.74 Å². The molecule has 0 aliphatic carbocycles. The van der Waals surface area contributed by atoms with Gasteiger partial charge in [0, 0.05) is 0 Å². The summed E-state index contributed by atoms with van der Waals surface area (Å²) < 4.78 is 5.33. The first-order valence-corrected chi connectivity index (χ1v) is 10.5. The maximum absolute atomic E-state index is 5.33. The van der Waals surface area contributed by atoms with Gasteiger partial charge in [0.2, 0.25) is 0 Å². The van der Waals surface area contributed by atoms with Gasteiger partial charge >= 0.3 is 0 Å². The summed E-state index contributed by atoms with van der Waals surface area (Å²) in [5, 5.41) is 1.48. The first-order valence-electron chi connectivity index (χ1n) is 7.39. The molecule has 0 bridgehead atoms. The highest BCUT2D eigenvalue weighted by Gasteiger charge is 2.31. The highest BCUT2D eigenvalue weighted by Crippen LogP contribution is 2.28. The van der Waals surface area contributed by atoms with Crippen molar-refractivity contribution in [2.24, 2.45) is 0 Å². The highest BCUT2D eigenvalue weighted by molar-refractivity contribution is 6.91. The maximum atomic E-state index is 5.33. The zero-order valence-corrected chi connectivity index (χ0v) is 14.2. The fourth-order valence-corrected chi connectivity index (χ4v) is 5.58. The van der Waals surface area contributed by atoms with Crippen LogP contribution >= 0.6 is 0 Å². The Morgan fingerprint density at radius 2 is 1.81 bits per heavy atom. The topological polar surface area (TPSA) is 9.23 Å². The second-order valence-corrected chi connectivity index (χ2v) is 10.7. The smallest absolute Gasteiger partial charge is 0.119 e. The van der Waals surface area contributed by atoms with Crippen LogP contribution in [0, 0.1) is 0 Å². The Balaban J connectivity index is 2.25. The molecule has 0 aromatic heterocycles. The van der Waals surface area contributed by atoms with Crippen molar-refractivity contribution < 1.29 is 4.74 Å². The van der Waals surface area contributed by atoms with Crippen molar-refractivity contribution in [3.63, 3.8) is 0 Å². The van der Waals surface area contributed by atoms with Gasteiger partial charge in [0.25, 0.3) is 0 Å². The zero-order valence-electron chi connectivity index (χ0n) is 13.2. The molecule has 0 aliphatic heterocycles. The molecule has 0 radical (unpaired) electrons. The predicted octanol–water partition coefficient (Wildman–Crippen LogP) is 4.41. The molecule has 0 saturated carbocycles. The summed E-state index contributed by atoms with van der Waals surface area (Å²) in [5.41, 5.74) is 1.82. The lowest BCUT2D eigenvalue weighted by molar-refractivity contribution is 0.414. The van der Waals surface area contributed by atoms with Crippen LogP contribution in [0.4, 0.5) is 0 Å². The van der Waals surface area contributed by atoms with E-state index in [1.165, 1.54) is 10.8 Å². The summed E-state index contributed by atoms with van der Waals surface area (Å²) in [6.45, 7) is 8.95. The number of rotatable bonds is 6. The molecule has 2 rings (SSSR count). The molecule has 0 spiro atoms. The molecule has 1 atom stereocenters. The summed E-state index contributed by atoms with van der Waals surface area (Å²) in [6.07, 6.45) is 3.16. The Morgan fingerprint density at radius 3 is 2.43 bits per heavy atom. The standard InChI is InChI=1S/C19H24OSi/c1-5-18(15-16-10-9-11-17(14-16)20-2)21(3,4)19-12-7-6-8-13-19/h5-14,18H,1,15H2,2-4H3/t18-/m1/s1. The minimum absolute atomic E-state index is 0.506. The largest absolute Gasteiger partial charge is 0.497 e. The van der Waals surface area contributed by atoms with Gasteiger partial charge in [-0.1, -0.05) is 66.8 Å². The molecule has 2 heteroatoms. The van der Waals surface area contributed by atoms with Gasteiger partial charge in [0.1, 0.15) is 5.75 Å². The second-order valence-electron chi connectivity index (χ2n) is 5.99. The molecule has 2 aromatic rings. The van der Waals surface area contributed by atoms with Gasteiger partial charge < -0.3 is 4.74 Å². The number of hydrogen-bond donors (Lipinski definition) is 0. The molecule has 0 saturated heterocycles. The molecular formula is C19H24OSi. The van der Waals surface area contributed by atoms with E-state index in [2.05, 4.69) is 74.3 Å². The number of ether oxygens (including phenoxy) is 1. The zero-order chi connectivity index (χ0) is 15.3. The molecule has 1 nitrogen and oxygen atoms in total. The van der Waals surface area contributed by atoms with Crippen LogP contribution in [0.5, 0.6) is 5.75 Å². The molecule has 0 unspecified atom stereocenters. The number of methoxy groups -OCH3 is 1. The lowest BCUT2D eigenvalue weighted by Gasteiger charge is -2.31. The minimum atomic E-state index is -1.58. The minimum Gasteiger partial charge on any atom is -0.497 e. The van der Waals surface area contributed by atoms with Gasteiger partial charge in [-0.15, -0.1) is 6.58 Å². The van der Waals surface area contributed by atoms with E-state index in [0.717, 1.165) is 12.2 Å². The lowest BCUT2D eigenvalue weighted by atomic mass is 10.1. The molecular weight excluding hydrogens is 272 g/mol. The van der Waals surface area contributed by atoms with E-state index in [1.54, 1.807) is 7.11 Å². The normalized spacial score (nSPS) is 12.7. The van der Waals surface area contributed by atoms with Crippen LogP contribution in [0.1, 0.15) is 5.56 Å². The van der Waals surface area contributed by atoms with Gasteiger partial charge in [-0.25, -0.2) is 0 Å². The van der Waals surface area contributed by atoms with Crippen LogP contribution in [-0.2, 0) is 6.42 Å². The molecule has 0 fully saturated rings. The van der Waals surface area contributed by atoms with E-state index in [0.29, 0.717) is 5.54 Å². The summed E-state index contributed by atoms with van der Waals surface area (Å²) in [7, 11) is 0.137. The third-order valence-electron chi connectivity index (χ3n) is 4.32. The van der Waals surface area contributed by atoms with Crippen molar-refractivity contribution in [3.8, 4) is 5.75 Å². The molecule has 0 heterocycles.